The fourth-order valence-corrected chi connectivity index (χ4v) is 2.15. The third-order valence-electron chi connectivity index (χ3n) is 3.64. The van der Waals surface area contributed by atoms with Crippen LogP contribution in [-0.2, 0) is 9.47 Å². The summed E-state index contributed by atoms with van der Waals surface area (Å²) in [6, 6.07) is 10.1. The van der Waals surface area contributed by atoms with Gasteiger partial charge in [-0.3, -0.25) is 0 Å². The smallest absolute Gasteiger partial charge is 0.356 e. The zero-order valence-corrected chi connectivity index (χ0v) is 15.2. The Morgan fingerprint density at radius 1 is 0.769 bits per heavy atom. The van der Waals surface area contributed by atoms with Crippen molar-refractivity contribution >= 4 is 11.9 Å². The summed E-state index contributed by atoms with van der Waals surface area (Å²) in [7, 11) is 0. The van der Waals surface area contributed by atoms with Gasteiger partial charge in [0.2, 0.25) is 0 Å². The molecule has 0 fully saturated rings. The van der Waals surface area contributed by atoms with Crippen molar-refractivity contribution in [3.8, 4) is 11.4 Å². The van der Waals surface area contributed by atoms with E-state index >= 15 is 0 Å². The average Bonchev–Trinajstić information content (AvgIpc) is 2.68. The molecule has 0 N–H and O–H groups in total. The fraction of sp³-hybridized carbons (Fsp3) is 0.400. The van der Waals surface area contributed by atoms with Crippen LogP contribution in [0.15, 0.2) is 36.4 Å². The van der Waals surface area contributed by atoms with E-state index < -0.39 is 11.9 Å². The molecule has 0 spiro atoms. The first-order valence-electron chi connectivity index (χ1n) is 8.94. The first-order valence-corrected chi connectivity index (χ1v) is 8.94. The van der Waals surface area contributed by atoms with Gasteiger partial charge in [0.15, 0.2) is 0 Å². The van der Waals surface area contributed by atoms with Crippen LogP contribution >= 0.6 is 0 Å². The molecular formula is C20H24N2O4. The minimum Gasteiger partial charge on any atom is -0.461 e. The number of hydrogen-bond donors (Lipinski definition) is 0. The van der Waals surface area contributed by atoms with E-state index in [2.05, 4.69) is 9.97 Å². The maximum atomic E-state index is 12.0. The third kappa shape index (κ3) is 5.65. The summed E-state index contributed by atoms with van der Waals surface area (Å²) in [5.41, 5.74) is 1.43. The molecule has 0 aliphatic heterocycles. The lowest BCUT2D eigenvalue weighted by atomic mass is 10.2. The van der Waals surface area contributed by atoms with Gasteiger partial charge in [0.25, 0.3) is 0 Å². The zero-order valence-electron chi connectivity index (χ0n) is 15.2. The summed E-state index contributed by atoms with van der Waals surface area (Å²) in [6.07, 6.45) is 3.53. The minimum atomic E-state index is -0.463. The summed E-state index contributed by atoms with van der Waals surface area (Å²) < 4.78 is 10.4. The van der Waals surface area contributed by atoms with Crippen molar-refractivity contribution in [3.63, 3.8) is 0 Å². The van der Waals surface area contributed by atoms with E-state index in [1.807, 2.05) is 13.8 Å². The molecule has 0 aliphatic carbocycles. The molecule has 0 saturated heterocycles. The van der Waals surface area contributed by atoms with Crippen molar-refractivity contribution in [1.29, 1.82) is 0 Å². The van der Waals surface area contributed by atoms with Crippen LogP contribution in [0, 0.1) is 0 Å². The van der Waals surface area contributed by atoms with Gasteiger partial charge in [0.05, 0.1) is 24.6 Å². The van der Waals surface area contributed by atoms with Crippen LogP contribution < -0.4 is 0 Å². The number of carbonyl (C=O) groups is 2. The molecule has 0 aliphatic rings. The van der Waals surface area contributed by atoms with E-state index in [1.165, 1.54) is 0 Å². The second-order valence-electron chi connectivity index (χ2n) is 5.80. The van der Waals surface area contributed by atoms with Gasteiger partial charge in [-0.05, 0) is 37.1 Å². The molecular weight excluding hydrogens is 332 g/mol. The molecule has 0 aromatic carbocycles. The Labute approximate surface area is 153 Å². The number of pyridine rings is 2. The molecule has 2 aromatic rings. The molecule has 0 saturated carbocycles. The second-order valence-corrected chi connectivity index (χ2v) is 5.80. The van der Waals surface area contributed by atoms with Gasteiger partial charge in [0.1, 0.15) is 11.4 Å². The summed E-state index contributed by atoms with van der Waals surface area (Å²) >= 11 is 0. The number of aromatic nitrogens is 2. The van der Waals surface area contributed by atoms with Crippen LogP contribution in [0.25, 0.3) is 11.4 Å². The Morgan fingerprint density at radius 3 is 1.58 bits per heavy atom. The highest BCUT2D eigenvalue weighted by Crippen LogP contribution is 2.16. The predicted molar refractivity (Wildman–Crippen MR) is 97.8 cm³/mol. The number of carbonyl (C=O) groups excluding carboxylic acids is 2. The first-order chi connectivity index (χ1) is 12.7. The van der Waals surface area contributed by atoms with Crippen LogP contribution in [0.2, 0.25) is 0 Å². The lowest BCUT2D eigenvalue weighted by Gasteiger charge is -2.07. The molecule has 2 rings (SSSR count). The highest BCUT2D eigenvalue weighted by molar-refractivity contribution is 5.89. The molecule has 6 nitrogen and oxygen atoms in total. The van der Waals surface area contributed by atoms with Crippen molar-refractivity contribution in [1.82, 2.24) is 9.97 Å². The molecule has 0 amide bonds. The zero-order chi connectivity index (χ0) is 18.8. The summed E-state index contributed by atoms with van der Waals surface area (Å²) in [5.74, 6) is -0.925. The monoisotopic (exact) mass is 356 g/mol. The van der Waals surface area contributed by atoms with E-state index in [0.29, 0.717) is 24.6 Å². The Kier molecular flexibility index (Phi) is 7.74. The molecule has 26 heavy (non-hydrogen) atoms. The lowest BCUT2D eigenvalue weighted by molar-refractivity contribution is 0.0483. The third-order valence-corrected chi connectivity index (χ3v) is 3.64. The topological polar surface area (TPSA) is 78.4 Å². The van der Waals surface area contributed by atoms with E-state index in [4.69, 9.17) is 9.47 Å². The standard InChI is InChI=1S/C20H24N2O4/c1-3-5-13-25-19(23)17-11-7-9-15(21-17)16-10-8-12-18(22-16)20(24)26-14-6-4-2/h7-12H,3-6,13-14H2,1-2H3. The molecule has 6 heteroatoms. The summed E-state index contributed by atoms with van der Waals surface area (Å²) in [4.78, 5) is 32.7. The van der Waals surface area contributed by atoms with Crippen molar-refractivity contribution in [2.45, 2.75) is 39.5 Å². The van der Waals surface area contributed by atoms with E-state index in [-0.39, 0.29) is 11.4 Å². The van der Waals surface area contributed by atoms with Crippen molar-refractivity contribution in [2.24, 2.45) is 0 Å². The number of hydrogen-bond acceptors (Lipinski definition) is 6. The Hall–Kier alpha value is -2.76. The second kappa shape index (κ2) is 10.3. The summed E-state index contributed by atoms with van der Waals surface area (Å²) in [6.45, 7) is 4.80. The van der Waals surface area contributed by atoms with Gasteiger partial charge >= 0.3 is 11.9 Å². The van der Waals surface area contributed by atoms with Gasteiger partial charge in [-0.1, -0.05) is 38.8 Å². The molecule has 0 unspecified atom stereocenters. The van der Waals surface area contributed by atoms with Gasteiger partial charge in [0, 0.05) is 0 Å². The van der Waals surface area contributed by atoms with Crippen LogP contribution in [0.5, 0.6) is 0 Å². The van der Waals surface area contributed by atoms with Crippen LogP contribution in [0.4, 0.5) is 0 Å². The minimum absolute atomic E-state index is 0.219. The molecule has 0 radical (unpaired) electrons. The van der Waals surface area contributed by atoms with Crippen LogP contribution in [-0.4, -0.2) is 35.1 Å². The van der Waals surface area contributed by atoms with Crippen LogP contribution in [0.1, 0.15) is 60.5 Å². The Balaban J connectivity index is 2.13. The summed E-state index contributed by atoms with van der Waals surface area (Å²) in [5, 5.41) is 0. The van der Waals surface area contributed by atoms with Gasteiger partial charge in [-0.25, -0.2) is 19.6 Å². The molecule has 0 bridgehead atoms. The number of unbranched alkanes of at least 4 members (excludes halogenated alkanes) is 2. The molecule has 138 valence electrons. The normalized spacial score (nSPS) is 10.4. The molecule has 0 atom stereocenters. The van der Waals surface area contributed by atoms with E-state index in [1.54, 1.807) is 36.4 Å². The van der Waals surface area contributed by atoms with Gasteiger partial charge < -0.3 is 9.47 Å². The number of nitrogens with zero attached hydrogens (tertiary/aromatic N) is 2. The average molecular weight is 356 g/mol. The van der Waals surface area contributed by atoms with Gasteiger partial charge in [-0.2, -0.15) is 0 Å². The molecule has 2 heterocycles. The van der Waals surface area contributed by atoms with E-state index in [0.717, 1.165) is 25.7 Å². The van der Waals surface area contributed by atoms with Crippen molar-refractivity contribution < 1.29 is 19.1 Å². The maximum absolute atomic E-state index is 12.0. The predicted octanol–water partition coefficient (Wildman–Crippen LogP) is 4.06. The highest BCUT2D eigenvalue weighted by atomic mass is 16.5. The van der Waals surface area contributed by atoms with Crippen LogP contribution in [0.3, 0.4) is 0 Å². The number of rotatable bonds is 9. The number of ether oxygens (including phenoxy) is 2. The highest BCUT2D eigenvalue weighted by Gasteiger charge is 2.13. The number of esters is 2. The van der Waals surface area contributed by atoms with Crippen molar-refractivity contribution in [3.05, 3.63) is 47.8 Å². The Bertz CT molecular complexity index is 683. The quantitative estimate of drug-likeness (QED) is 0.498. The van der Waals surface area contributed by atoms with Gasteiger partial charge in [-0.15, -0.1) is 0 Å². The maximum Gasteiger partial charge on any atom is 0.356 e. The van der Waals surface area contributed by atoms with Crippen molar-refractivity contribution in [2.75, 3.05) is 13.2 Å². The first kappa shape index (κ1) is 19.6. The molecule has 2 aromatic heterocycles. The lowest BCUT2D eigenvalue weighted by Crippen LogP contribution is -2.10. The largest absolute Gasteiger partial charge is 0.461 e. The fourth-order valence-electron chi connectivity index (χ4n) is 2.15. The van der Waals surface area contributed by atoms with E-state index in [9.17, 15) is 9.59 Å². The Morgan fingerprint density at radius 2 is 1.19 bits per heavy atom. The SMILES string of the molecule is CCCCOC(=O)c1cccc(-c2cccc(C(=O)OCCCC)n2)n1.